The lowest BCUT2D eigenvalue weighted by atomic mass is 10.1. The maximum Gasteiger partial charge on any atom is 0.328 e. The number of rotatable bonds is 9. The van der Waals surface area contributed by atoms with E-state index in [0.717, 1.165) is 5.56 Å². The molecule has 0 radical (unpaired) electrons. The molecule has 2 rings (SSSR count). The number of anilines is 2. The van der Waals surface area contributed by atoms with Gasteiger partial charge in [-0.3, -0.25) is 24.0 Å². The van der Waals surface area contributed by atoms with E-state index in [0.29, 0.717) is 16.9 Å². The molecule has 1 atom stereocenters. The molecule has 10 heteroatoms. The van der Waals surface area contributed by atoms with Gasteiger partial charge in [0.25, 0.3) is 0 Å². The molecule has 1 aliphatic rings. The maximum absolute atomic E-state index is 12.6. The van der Waals surface area contributed by atoms with Crippen LogP contribution in [0.5, 0.6) is 0 Å². The van der Waals surface area contributed by atoms with Crippen LogP contribution >= 0.6 is 0 Å². The van der Waals surface area contributed by atoms with Gasteiger partial charge in [0.1, 0.15) is 0 Å². The Bertz CT molecular complexity index is 895. The zero-order valence-corrected chi connectivity index (χ0v) is 16.8. The Kier molecular flexibility index (Phi) is 7.68. The van der Waals surface area contributed by atoms with Crippen molar-refractivity contribution in [2.45, 2.75) is 20.3 Å². The maximum atomic E-state index is 12.6. The van der Waals surface area contributed by atoms with Crippen molar-refractivity contribution in [1.82, 2.24) is 10.6 Å². The van der Waals surface area contributed by atoms with Crippen molar-refractivity contribution in [3.8, 4) is 0 Å². The fourth-order valence-electron chi connectivity index (χ4n) is 2.68. The van der Waals surface area contributed by atoms with Gasteiger partial charge in [0.2, 0.25) is 29.5 Å². The molecule has 1 unspecified atom stereocenters. The number of carbonyl (C=O) groups is 5. The molecule has 160 valence electrons. The molecule has 4 amide bonds. The second kappa shape index (κ2) is 10.2. The number of fused-ring (bicyclic) bond motifs is 1. The van der Waals surface area contributed by atoms with Crippen molar-refractivity contribution in [3.63, 3.8) is 0 Å². The summed E-state index contributed by atoms with van der Waals surface area (Å²) >= 11 is 0. The van der Waals surface area contributed by atoms with Gasteiger partial charge in [0.05, 0.1) is 13.0 Å². The van der Waals surface area contributed by atoms with Crippen LogP contribution in [0, 0.1) is 5.92 Å². The average molecular weight is 416 g/mol. The highest BCUT2D eigenvalue weighted by molar-refractivity contribution is 6.19. The van der Waals surface area contributed by atoms with Crippen LogP contribution in [0.25, 0.3) is 0 Å². The number of amides is 4. The number of esters is 1. The Morgan fingerprint density at radius 2 is 1.87 bits per heavy atom. The normalized spacial score (nSPS) is 12.8. The van der Waals surface area contributed by atoms with E-state index >= 15 is 0 Å². The summed E-state index contributed by atoms with van der Waals surface area (Å²) in [6, 6.07) is 4.79. The van der Waals surface area contributed by atoms with Crippen molar-refractivity contribution in [2.24, 2.45) is 5.92 Å². The smallest absolute Gasteiger partial charge is 0.328 e. The van der Waals surface area contributed by atoms with Crippen LogP contribution in [0.1, 0.15) is 19.4 Å². The molecule has 1 aromatic carbocycles. The minimum Gasteiger partial charge on any atom is -0.465 e. The van der Waals surface area contributed by atoms with Gasteiger partial charge in [-0.25, -0.2) is 0 Å². The largest absolute Gasteiger partial charge is 0.465 e. The van der Waals surface area contributed by atoms with Crippen LogP contribution in [0.4, 0.5) is 11.4 Å². The predicted octanol–water partition coefficient (Wildman–Crippen LogP) is 0.108. The average Bonchev–Trinajstić information content (AvgIpc) is 3.04. The second-order valence-corrected chi connectivity index (χ2v) is 6.60. The zero-order chi connectivity index (χ0) is 22.3. The topological polar surface area (TPSA) is 143 Å². The van der Waals surface area contributed by atoms with E-state index in [1.54, 1.807) is 32.0 Å². The lowest BCUT2D eigenvalue weighted by Gasteiger charge is -2.16. The summed E-state index contributed by atoms with van der Waals surface area (Å²) < 4.78 is 4.85. The molecule has 10 nitrogen and oxygen atoms in total. The highest BCUT2D eigenvalue weighted by atomic mass is 16.5. The molecule has 1 aliphatic heterocycles. The van der Waals surface area contributed by atoms with Crippen molar-refractivity contribution in [1.29, 1.82) is 0 Å². The molecule has 0 aromatic heterocycles. The third-order valence-corrected chi connectivity index (χ3v) is 4.15. The molecule has 0 saturated heterocycles. The summed E-state index contributed by atoms with van der Waals surface area (Å²) in [7, 11) is 0. The number of benzene rings is 1. The molecule has 0 fully saturated rings. The molecular formula is C20H24N4O6. The standard InChI is InChI=1S/C20H24N4O6/c1-4-30-20(29)16(18(27)22-8-7-21-17(26)11(2)3)19(28)23-13-6-5-12-9-15(25)24-14(12)10-13/h5-6,10,16H,2,4,7-9H2,1,3H3,(H,21,26)(H,22,27)(H,23,28)(H,24,25). The first kappa shape index (κ1) is 22.6. The molecule has 1 heterocycles. The Hall–Kier alpha value is -3.69. The summed E-state index contributed by atoms with van der Waals surface area (Å²) in [6.07, 6.45) is 0.249. The first-order valence-corrected chi connectivity index (χ1v) is 9.34. The van der Waals surface area contributed by atoms with Crippen molar-refractivity contribution < 1.29 is 28.7 Å². The number of carbonyl (C=O) groups excluding carboxylic acids is 5. The summed E-state index contributed by atoms with van der Waals surface area (Å²) in [5, 5.41) is 10.1. The quantitative estimate of drug-likeness (QED) is 0.195. The van der Waals surface area contributed by atoms with Crippen LogP contribution in [0.15, 0.2) is 30.4 Å². The van der Waals surface area contributed by atoms with Crippen molar-refractivity contribution >= 4 is 41.0 Å². The van der Waals surface area contributed by atoms with E-state index in [-0.39, 0.29) is 37.9 Å². The van der Waals surface area contributed by atoms with Gasteiger partial charge in [-0.2, -0.15) is 0 Å². The number of ether oxygens (including phenoxy) is 1. The highest BCUT2D eigenvalue weighted by Gasteiger charge is 2.35. The first-order chi connectivity index (χ1) is 14.2. The number of hydrogen-bond donors (Lipinski definition) is 4. The molecule has 0 spiro atoms. The summed E-state index contributed by atoms with van der Waals surface area (Å²) in [4.78, 5) is 60.2. The van der Waals surface area contributed by atoms with Crippen LogP contribution in [-0.2, 0) is 35.1 Å². The number of nitrogens with one attached hydrogen (secondary N) is 4. The highest BCUT2D eigenvalue weighted by Crippen LogP contribution is 2.26. The fraction of sp³-hybridized carbons (Fsp3) is 0.350. The van der Waals surface area contributed by atoms with Gasteiger partial charge in [0, 0.05) is 30.0 Å². The van der Waals surface area contributed by atoms with E-state index in [1.165, 1.54) is 0 Å². The lowest BCUT2D eigenvalue weighted by Crippen LogP contribution is -2.45. The van der Waals surface area contributed by atoms with Crippen molar-refractivity contribution in [2.75, 3.05) is 30.3 Å². The van der Waals surface area contributed by atoms with Gasteiger partial charge in [-0.05, 0) is 31.5 Å². The molecule has 0 aliphatic carbocycles. The van der Waals surface area contributed by atoms with E-state index < -0.39 is 23.7 Å². The van der Waals surface area contributed by atoms with Gasteiger partial charge in [0.15, 0.2) is 0 Å². The van der Waals surface area contributed by atoms with Gasteiger partial charge >= 0.3 is 5.97 Å². The SMILES string of the molecule is C=C(C)C(=O)NCCNC(=O)C(C(=O)Nc1ccc2c(c1)NC(=O)C2)C(=O)OCC. The summed E-state index contributed by atoms with van der Waals surface area (Å²) in [5.41, 5.74) is 1.98. The fourth-order valence-corrected chi connectivity index (χ4v) is 2.68. The van der Waals surface area contributed by atoms with Crippen molar-refractivity contribution in [3.05, 3.63) is 35.9 Å². The van der Waals surface area contributed by atoms with Gasteiger partial charge in [-0.15, -0.1) is 0 Å². The molecule has 0 bridgehead atoms. The Morgan fingerprint density at radius 1 is 1.17 bits per heavy atom. The monoisotopic (exact) mass is 416 g/mol. The Labute approximate surface area is 173 Å². The summed E-state index contributed by atoms with van der Waals surface area (Å²) in [5.74, 6) is -4.98. The van der Waals surface area contributed by atoms with Gasteiger partial charge in [-0.1, -0.05) is 12.6 Å². The van der Waals surface area contributed by atoms with E-state index in [4.69, 9.17) is 4.74 Å². The van der Waals surface area contributed by atoms with Crippen LogP contribution in [0.3, 0.4) is 0 Å². The third kappa shape index (κ3) is 5.90. The third-order valence-electron chi connectivity index (χ3n) is 4.15. The molecule has 30 heavy (non-hydrogen) atoms. The zero-order valence-electron chi connectivity index (χ0n) is 16.8. The first-order valence-electron chi connectivity index (χ1n) is 9.34. The molecule has 0 saturated carbocycles. The number of hydrogen-bond acceptors (Lipinski definition) is 6. The van der Waals surface area contributed by atoms with E-state index in [1.807, 2.05) is 0 Å². The van der Waals surface area contributed by atoms with Crippen LogP contribution < -0.4 is 21.3 Å². The van der Waals surface area contributed by atoms with Crippen LogP contribution in [-0.4, -0.2) is 49.3 Å². The molecular weight excluding hydrogens is 392 g/mol. The van der Waals surface area contributed by atoms with E-state index in [9.17, 15) is 24.0 Å². The van der Waals surface area contributed by atoms with E-state index in [2.05, 4.69) is 27.8 Å². The second-order valence-electron chi connectivity index (χ2n) is 6.60. The molecule has 4 N–H and O–H groups in total. The minimum absolute atomic E-state index is 0.00452. The van der Waals surface area contributed by atoms with Gasteiger partial charge < -0.3 is 26.0 Å². The summed E-state index contributed by atoms with van der Waals surface area (Å²) in [6.45, 7) is 6.69. The minimum atomic E-state index is -1.73. The lowest BCUT2D eigenvalue weighted by molar-refractivity contribution is -0.154. The Balaban J connectivity index is 2.02. The predicted molar refractivity (Wildman–Crippen MR) is 108 cm³/mol. The van der Waals surface area contributed by atoms with Crippen LogP contribution in [0.2, 0.25) is 0 Å². The molecule has 1 aromatic rings. The Morgan fingerprint density at radius 3 is 2.53 bits per heavy atom.